The fraction of sp³-hybridized carbons (Fsp3) is 0.0500. The van der Waals surface area contributed by atoms with Gasteiger partial charge in [-0.05, 0) is 37.5 Å². The van der Waals surface area contributed by atoms with E-state index in [1.165, 1.54) is 37.5 Å². The molecule has 4 aromatic rings. The predicted molar refractivity (Wildman–Crippen MR) is 90.1 cm³/mol. The van der Waals surface area contributed by atoms with Crippen LogP contribution >= 0.6 is 0 Å². The smallest absolute Gasteiger partial charge is 0.0436 e. The summed E-state index contributed by atoms with van der Waals surface area (Å²) in [5, 5.41) is 17.3. The first kappa shape index (κ1) is 11.0. The summed E-state index contributed by atoms with van der Waals surface area (Å²) < 4.78 is 0. The maximum absolute atomic E-state index is 8.44. The van der Waals surface area contributed by atoms with E-state index >= 15 is 0 Å². The Morgan fingerprint density at radius 1 is 0.714 bits per heavy atom. The molecule has 0 atom stereocenters. The van der Waals surface area contributed by atoms with Crippen molar-refractivity contribution in [3.8, 4) is 0 Å². The molecular formula is C20H13N. The van der Waals surface area contributed by atoms with Gasteiger partial charge in [-0.15, -0.1) is 0 Å². The van der Waals surface area contributed by atoms with Crippen LogP contribution in [0.5, 0.6) is 0 Å². The van der Waals surface area contributed by atoms with Gasteiger partial charge in [-0.25, -0.2) is 0 Å². The van der Waals surface area contributed by atoms with Gasteiger partial charge < -0.3 is 5.41 Å². The molecular weight excluding hydrogens is 254 g/mol. The van der Waals surface area contributed by atoms with E-state index in [1.807, 2.05) is 0 Å². The van der Waals surface area contributed by atoms with Crippen LogP contribution in [0.25, 0.3) is 38.4 Å². The summed E-state index contributed by atoms with van der Waals surface area (Å²) in [5.41, 5.74) is 1.87. The molecule has 0 unspecified atom stereocenters. The molecule has 0 spiro atoms. The van der Waals surface area contributed by atoms with Gasteiger partial charge in [0.1, 0.15) is 0 Å². The highest BCUT2D eigenvalue weighted by Crippen LogP contribution is 2.37. The Balaban J connectivity index is 2.28. The Morgan fingerprint density at radius 3 is 2.19 bits per heavy atom. The molecule has 0 radical (unpaired) electrons. The minimum Gasteiger partial charge on any atom is -0.304 e. The van der Waals surface area contributed by atoms with Gasteiger partial charge in [-0.1, -0.05) is 60.7 Å². The second kappa shape index (κ2) is 3.70. The van der Waals surface area contributed by atoms with Crippen molar-refractivity contribution < 1.29 is 0 Å². The summed E-state index contributed by atoms with van der Waals surface area (Å²) in [6, 6.07) is 19.4. The summed E-state index contributed by atoms with van der Waals surface area (Å²) in [6.07, 6.45) is 2.91. The number of hydrogen-bond donors (Lipinski definition) is 1. The van der Waals surface area contributed by atoms with Crippen LogP contribution in [0.1, 0.15) is 12.0 Å². The maximum Gasteiger partial charge on any atom is 0.0436 e. The average molecular weight is 267 g/mol. The summed E-state index contributed by atoms with van der Waals surface area (Å²) >= 11 is 0. The average Bonchev–Trinajstić information content (AvgIpc) is 2.53. The predicted octanol–water partition coefficient (Wildman–Crippen LogP) is 4.42. The fourth-order valence-corrected chi connectivity index (χ4v) is 3.78. The van der Waals surface area contributed by atoms with Gasteiger partial charge in [0.15, 0.2) is 0 Å². The minimum atomic E-state index is 0.727. The second-order valence-corrected chi connectivity index (χ2v) is 5.74. The van der Waals surface area contributed by atoms with Gasteiger partial charge >= 0.3 is 0 Å². The van der Waals surface area contributed by atoms with Crippen LogP contribution in [0.3, 0.4) is 0 Å². The maximum atomic E-state index is 8.44. The number of fused-ring (bicyclic) bond motifs is 2. The summed E-state index contributed by atoms with van der Waals surface area (Å²) in [4.78, 5) is 0. The standard InChI is InChI=1S/C20H13N/c21-17-11-10-13-6-2-8-15-14-7-1-4-12-5-3-9-16(18(12)14)20(17)19(13)15/h1-10,21H,11H2. The van der Waals surface area contributed by atoms with Crippen molar-refractivity contribution >= 4 is 44.1 Å². The molecule has 0 fully saturated rings. The molecule has 1 N–H and O–H groups in total. The third-order valence-electron chi connectivity index (χ3n) is 4.64. The molecule has 1 nitrogen and oxygen atoms in total. The molecule has 0 heterocycles. The van der Waals surface area contributed by atoms with Crippen LogP contribution in [-0.2, 0) is 0 Å². The molecule has 0 bridgehead atoms. The highest BCUT2D eigenvalue weighted by molar-refractivity contribution is 6.31. The van der Waals surface area contributed by atoms with Gasteiger partial charge in [0.05, 0.1) is 0 Å². The zero-order valence-electron chi connectivity index (χ0n) is 11.5. The largest absolute Gasteiger partial charge is 0.304 e. The van der Waals surface area contributed by atoms with Crippen molar-refractivity contribution in [1.82, 2.24) is 0 Å². The van der Waals surface area contributed by atoms with Crippen LogP contribution in [-0.4, -0.2) is 5.71 Å². The first-order valence-electron chi connectivity index (χ1n) is 7.28. The Bertz CT molecular complexity index is 1110. The van der Waals surface area contributed by atoms with Gasteiger partial charge in [0.2, 0.25) is 0 Å². The molecule has 5 rings (SSSR count). The van der Waals surface area contributed by atoms with Crippen molar-refractivity contribution in [2.24, 2.45) is 0 Å². The zero-order chi connectivity index (χ0) is 14.0. The van der Waals surface area contributed by atoms with Crippen LogP contribution in [0.2, 0.25) is 0 Å². The van der Waals surface area contributed by atoms with Gasteiger partial charge in [0.25, 0.3) is 0 Å². The highest BCUT2D eigenvalue weighted by Gasteiger charge is 2.18. The van der Waals surface area contributed by atoms with E-state index in [2.05, 4.69) is 60.7 Å². The SMILES string of the molecule is N=C1CC=c2cccc3c2c1c1cccc2cccc3c21. The molecule has 21 heavy (non-hydrogen) atoms. The highest BCUT2D eigenvalue weighted by atomic mass is 14.4. The van der Waals surface area contributed by atoms with Crippen LogP contribution in [0, 0.1) is 5.41 Å². The van der Waals surface area contributed by atoms with E-state index < -0.39 is 0 Å². The third-order valence-corrected chi connectivity index (χ3v) is 4.64. The Morgan fingerprint density at radius 2 is 1.38 bits per heavy atom. The van der Waals surface area contributed by atoms with Gasteiger partial charge in [-0.2, -0.15) is 0 Å². The Labute approximate surface area is 122 Å². The minimum absolute atomic E-state index is 0.727. The van der Waals surface area contributed by atoms with E-state index in [0.29, 0.717) is 0 Å². The van der Waals surface area contributed by atoms with E-state index in [-0.39, 0.29) is 0 Å². The molecule has 0 amide bonds. The topological polar surface area (TPSA) is 23.9 Å². The summed E-state index contributed by atoms with van der Waals surface area (Å²) in [6.45, 7) is 0. The molecule has 4 aromatic carbocycles. The van der Waals surface area contributed by atoms with Crippen molar-refractivity contribution in [3.05, 3.63) is 65.4 Å². The lowest BCUT2D eigenvalue weighted by molar-refractivity contribution is 1.39. The van der Waals surface area contributed by atoms with Crippen molar-refractivity contribution in [3.63, 3.8) is 0 Å². The molecule has 0 aromatic heterocycles. The zero-order valence-corrected chi connectivity index (χ0v) is 11.5. The summed E-state index contributed by atoms with van der Waals surface area (Å²) in [5.74, 6) is 0. The molecule has 0 saturated heterocycles. The third kappa shape index (κ3) is 1.28. The summed E-state index contributed by atoms with van der Waals surface area (Å²) in [7, 11) is 0. The van der Waals surface area contributed by atoms with Crippen molar-refractivity contribution in [1.29, 1.82) is 5.41 Å². The monoisotopic (exact) mass is 267 g/mol. The van der Waals surface area contributed by atoms with Gasteiger partial charge in [0, 0.05) is 17.7 Å². The van der Waals surface area contributed by atoms with E-state index in [0.717, 1.165) is 17.7 Å². The lowest BCUT2D eigenvalue weighted by Gasteiger charge is -2.18. The molecule has 0 aliphatic heterocycles. The van der Waals surface area contributed by atoms with Gasteiger partial charge in [-0.3, -0.25) is 0 Å². The lowest BCUT2D eigenvalue weighted by atomic mass is 9.85. The number of hydrogen-bond acceptors (Lipinski definition) is 1. The fourth-order valence-electron chi connectivity index (χ4n) is 3.78. The van der Waals surface area contributed by atoms with Crippen molar-refractivity contribution in [2.75, 3.05) is 0 Å². The quantitative estimate of drug-likeness (QED) is 0.360. The number of nitrogens with one attached hydrogen (secondary N) is 1. The van der Waals surface area contributed by atoms with Crippen molar-refractivity contribution in [2.45, 2.75) is 6.42 Å². The Hall–Kier alpha value is -2.67. The molecule has 1 aliphatic rings. The molecule has 98 valence electrons. The van der Waals surface area contributed by atoms with Crippen LogP contribution in [0.4, 0.5) is 0 Å². The normalized spacial score (nSPS) is 14.0. The second-order valence-electron chi connectivity index (χ2n) is 5.74. The van der Waals surface area contributed by atoms with Crippen LogP contribution < -0.4 is 5.22 Å². The molecule has 1 aliphatic carbocycles. The number of rotatable bonds is 0. The molecule has 0 saturated carbocycles. The lowest BCUT2D eigenvalue weighted by Crippen LogP contribution is -2.15. The van der Waals surface area contributed by atoms with Crippen LogP contribution in [0.15, 0.2) is 54.6 Å². The first-order chi connectivity index (χ1) is 10.3. The van der Waals surface area contributed by atoms with E-state index in [9.17, 15) is 0 Å². The Kier molecular flexibility index (Phi) is 1.95. The van der Waals surface area contributed by atoms with E-state index in [4.69, 9.17) is 5.41 Å². The number of benzene rings is 4. The first-order valence-corrected chi connectivity index (χ1v) is 7.28. The van der Waals surface area contributed by atoms with E-state index in [1.54, 1.807) is 0 Å². The molecule has 1 heteroatoms.